The molecule has 7 nitrogen and oxygen atoms in total. The molecule has 2 amide bonds. The maximum Gasteiger partial charge on any atom is 0.328 e. The minimum atomic E-state index is -1.01. The molecule has 2 fully saturated rings. The molecule has 2 saturated heterocycles. The summed E-state index contributed by atoms with van der Waals surface area (Å²) in [4.78, 5) is 26.7. The van der Waals surface area contributed by atoms with E-state index in [0.717, 1.165) is 12.8 Å². The Kier molecular flexibility index (Phi) is 5.19. The van der Waals surface area contributed by atoms with Crippen LogP contribution in [0.25, 0.3) is 0 Å². The molecule has 20 heavy (non-hydrogen) atoms. The van der Waals surface area contributed by atoms with Gasteiger partial charge in [0.15, 0.2) is 6.04 Å². The van der Waals surface area contributed by atoms with Gasteiger partial charge in [-0.05, 0) is 19.8 Å². The predicted octanol–water partition coefficient (Wildman–Crippen LogP) is 0.393. The molecule has 1 N–H and O–H groups in total. The van der Waals surface area contributed by atoms with E-state index in [1.54, 1.807) is 4.90 Å². The van der Waals surface area contributed by atoms with Crippen molar-refractivity contribution in [1.82, 2.24) is 9.80 Å². The smallest absolute Gasteiger partial charge is 0.328 e. The summed E-state index contributed by atoms with van der Waals surface area (Å²) in [5.41, 5.74) is 0. The number of hydrogen-bond acceptors (Lipinski definition) is 4. The Balaban J connectivity index is 1.92. The zero-order chi connectivity index (χ0) is 14.5. The summed E-state index contributed by atoms with van der Waals surface area (Å²) in [6.45, 7) is 4.68. The van der Waals surface area contributed by atoms with Crippen LogP contribution < -0.4 is 0 Å². The lowest BCUT2D eigenvalue weighted by Crippen LogP contribution is -2.57. The number of urea groups is 1. The number of likely N-dealkylation sites (tertiary alicyclic amines) is 1. The van der Waals surface area contributed by atoms with E-state index in [1.807, 2.05) is 6.92 Å². The standard InChI is InChI=1S/C13H22N2O5/c1-2-20-10-3-5-14(6-4-10)13(18)15-7-8-19-9-11(15)12(16)17/h10-11H,2-9H2,1H3,(H,16,17). The Labute approximate surface area is 118 Å². The van der Waals surface area contributed by atoms with Gasteiger partial charge in [-0.25, -0.2) is 9.59 Å². The van der Waals surface area contributed by atoms with Crippen molar-refractivity contribution >= 4 is 12.0 Å². The quantitative estimate of drug-likeness (QED) is 0.812. The molecule has 0 aromatic carbocycles. The minimum absolute atomic E-state index is 0.0660. The Morgan fingerprint density at radius 1 is 1.30 bits per heavy atom. The first-order chi connectivity index (χ1) is 9.63. The second-order valence-electron chi connectivity index (χ2n) is 5.05. The summed E-state index contributed by atoms with van der Waals surface area (Å²) in [6.07, 6.45) is 1.83. The lowest BCUT2D eigenvalue weighted by molar-refractivity contribution is -0.147. The molecule has 1 unspecified atom stereocenters. The van der Waals surface area contributed by atoms with Crippen molar-refractivity contribution < 1.29 is 24.2 Å². The van der Waals surface area contributed by atoms with Gasteiger partial charge in [0, 0.05) is 26.2 Å². The van der Waals surface area contributed by atoms with E-state index in [2.05, 4.69) is 0 Å². The second-order valence-corrected chi connectivity index (χ2v) is 5.05. The SMILES string of the molecule is CCOC1CCN(C(=O)N2CCOCC2C(=O)O)CC1. The lowest BCUT2D eigenvalue weighted by atomic mass is 10.1. The monoisotopic (exact) mass is 286 g/mol. The fraction of sp³-hybridized carbons (Fsp3) is 0.846. The molecule has 2 aliphatic rings. The number of ether oxygens (including phenoxy) is 2. The van der Waals surface area contributed by atoms with E-state index >= 15 is 0 Å². The van der Waals surface area contributed by atoms with Gasteiger partial charge in [-0.1, -0.05) is 0 Å². The third-order valence-electron chi connectivity index (χ3n) is 3.77. The van der Waals surface area contributed by atoms with Crippen molar-refractivity contribution in [3.8, 4) is 0 Å². The third kappa shape index (κ3) is 3.40. The highest BCUT2D eigenvalue weighted by Crippen LogP contribution is 2.17. The Bertz CT molecular complexity index is 355. The van der Waals surface area contributed by atoms with Gasteiger partial charge in [-0.15, -0.1) is 0 Å². The van der Waals surface area contributed by atoms with Crippen LogP contribution in [0.4, 0.5) is 4.79 Å². The number of morpholine rings is 1. The molecule has 2 rings (SSSR count). The van der Waals surface area contributed by atoms with E-state index in [1.165, 1.54) is 4.90 Å². The van der Waals surface area contributed by atoms with Gasteiger partial charge in [0.25, 0.3) is 0 Å². The van der Waals surface area contributed by atoms with Crippen LogP contribution in [0, 0.1) is 0 Å². The van der Waals surface area contributed by atoms with Crippen LogP contribution in [0.5, 0.6) is 0 Å². The Morgan fingerprint density at radius 2 is 2.00 bits per heavy atom. The van der Waals surface area contributed by atoms with Crippen LogP contribution >= 0.6 is 0 Å². The van der Waals surface area contributed by atoms with Crippen LogP contribution in [0.3, 0.4) is 0 Å². The number of carbonyl (C=O) groups is 2. The average Bonchev–Trinajstić information content (AvgIpc) is 2.47. The van der Waals surface area contributed by atoms with E-state index in [0.29, 0.717) is 32.8 Å². The number of rotatable bonds is 3. The van der Waals surface area contributed by atoms with E-state index in [9.17, 15) is 9.59 Å². The minimum Gasteiger partial charge on any atom is -0.480 e. The number of carboxylic acid groups (broad SMARTS) is 1. The van der Waals surface area contributed by atoms with Crippen LogP contribution in [-0.2, 0) is 14.3 Å². The van der Waals surface area contributed by atoms with Crippen molar-refractivity contribution in [1.29, 1.82) is 0 Å². The third-order valence-corrected chi connectivity index (χ3v) is 3.77. The molecule has 0 aromatic heterocycles. The summed E-state index contributed by atoms with van der Waals surface area (Å²) in [5, 5.41) is 9.16. The van der Waals surface area contributed by atoms with E-state index < -0.39 is 12.0 Å². The van der Waals surface area contributed by atoms with Gasteiger partial charge in [0.2, 0.25) is 0 Å². The maximum absolute atomic E-state index is 12.4. The number of carbonyl (C=O) groups excluding carboxylic acids is 1. The summed E-state index contributed by atoms with van der Waals surface area (Å²) in [7, 11) is 0. The van der Waals surface area contributed by atoms with Crippen LogP contribution in [0.2, 0.25) is 0 Å². The zero-order valence-corrected chi connectivity index (χ0v) is 11.8. The fourth-order valence-electron chi connectivity index (χ4n) is 2.67. The average molecular weight is 286 g/mol. The summed E-state index contributed by atoms with van der Waals surface area (Å²) >= 11 is 0. The number of nitrogens with zero attached hydrogens (tertiary/aromatic N) is 2. The van der Waals surface area contributed by atoms with Gasteiger partial charge in [-0.3, -0.25) is 0 Å². The number of piperidine rings is 1. The first-order valence-electron chi connectivity index (χ1n) is 7.11. The van der Waals surface area contributed by atoms with Gasteiger partial charge >= 0.3 is 12.0 Å². The zero-order valence-electron chi connectivity index (χ0n) is 11.8. The number of carboxylic acids is 1. The molecule has 2 heterocycles. The van der Waals surface area contributed by atoms with Crippen LogP contribution in [-0.4, -0.2) is 78.5 Å². The number of aliphatic carboxylic acids is 1. The first kappa shape index (κ1) is 15.1. The molecule has 7 heteroatoms. The van der Waals surface area contributed by atoms with E-state index in [-0.39, 0.29) is 18.7 Å². The Morgan fingerprint density at radius 3 is 2.60 bits per heavy atom. The van der Waals surface area contributed by atoms with E-state index in [4.69, 9.17) is 14.6 Å². The second kappa shape index (κ2) is 6.90. The van der Waals surface area contributed by atoms with Gasteiger partial charge in [0.05, 0.1) is 19.3 Å². The number of hydrogen-bond donors (Lipinski definition) is 1. The molecular formula is C13H22N2O5. The van der Waals surface area contributed by atoms with Gasteiger partial charge in [-0.2, -0.15) is 0 Å². The predicted molar refractivity (Wildman–Crippen MR) is 70.6 cm³/mol. The lowest BCUT2D eigenvalue weighted by Gasteiger charge is -2.39. The van der Waals surface area contributed by atoms with Crippen LogP contribution in [0.1, 0.15) is 19.8 Å². The largest absolute Gasteiger partial charge is 0.480 e. The van der Waals surface area contributed by atoms with Gasteiger partial charge in [0.1, 0.15) is 0 Å². The highest BCUT2D eigenvalue weighted by atomic mass is 16.5. The number of amides is 2. The molecule has 0 bridgehead atoms. The van der Waals surface area contributed by atoms with Crippen molar-refractivity contribution in [2.75, 3.05) is 39.5 Å². The topological polar surface area (TPSA) is 79.3 Å². The summed E-state index contributed by atoms with van der Waals surface area (Å²) < 4.78 is 10.7. The molecule has 1 atom stereocenters. The molecule has 0 radical (unpaired) electrons. The Hall–Kier alpha value is -1.34. The molecular weight excluding hydrogens is 264 g/mol. The molecule has 0 saturated carbocycles. The molecule has 0 spiro atoms. The van der Waals surface area contributed by atoms with Gasteiger partial charge < -0.3 is 24.4 Å². The molecule has 114 valence electrons. The molecule has 0 aromatic rings. The van der Waals surface area contributed by atoms with Crippen LogP contribution in [0.15, 0.2) is 0 Å². The highest BCUT2D eigenvalue weighted by Gasteiger charge is 2.36. The fourth-order valence-corrected chi connectivity index (χ4v) is 2.67. The first-order valence-corrected chi connectivity index (χ1v) is 7.11. The highest BCUT2D eigenvalue weighted by molar-refractivity contribution is 5.83. The summed E-state index contributed by atoms with van der Waals surface area (Å²) in [5.74, 6) is -1.01. The molecule has 0 aliphatic carbocycles. The summed E-state index contributed by atoms with van der Waals surface area (Å²) in [6, 6.07) is -1.07. The molecule has 2 aliphatic heterocycles. The van der Waals surface area contributed by atoms with Crippen molar-refractivity contribution in [2.24, 2.45) is 0 Å². The van der Waals surface area contributed by atoms with Crippen molar-refractivity contribution in [3.05, 3.63) is 0 Å². The van der Waals surface area contributed by atoms with Crippen molar-refractivity contribution in [2.45, 2.75) is 31.9 Å². The normalized spacial score (nSPS) is 24.8. The maximum atomic E-state index is 12.4. The van der Waals surface area contributed by atoms with Crippen molar-refractivity contribution in [3.63, 3.8) is 0 Å².